The Morgan fingerprint density at radius 1 is 0.842 bits per heavy atom. The number of quaternary nitrogens is 2. The van der Waals surface area contributed by atoms with Crippen LogP contribution in [0.1, 0.15) is 20.8 Å². The molecule has 0 atom stereocenters. The van der Waals surface area contributed by atoms with Crippen LogP contribution in [-0.2, 0) is 23.7 Å². The van der Waals surface area contributed by atoms with E-state index < -0.39 is 0 Å². The fourth-order valence-corrected chi connectivity index (χ4v) is 0. The topological polar surface area (TPSA) is 60.8 Å². The summed E-state index contributed by atoms with van der Waals surface area (Å²) in [5.41, 5.74) is 0. The standard InChI is InChI=1S/2C4H12NO.C4H11N.O.Ti/c2*1-4-5(2,3)6;1-4-5(2)3;;/h2*6H,4H2,1-3H3;4H2,1-3H3;;/q2*+1;;;+1. The molecular formula is C12H35N3O3Ti+3. The minimum absolute atomic E-state index is 0.0694. The van der Waals surface area contributed by atoms with E-state index in [2.05, 4.69) is 25.9 Å². The van der Waals surface area contributed by atoms with Crippen LogP contribution < -0.4 is 0 Å². The Morgan fingerprint density at radius 3 is 0.947 bits per heavy atom. The number of hydroxylamine groups is 6. The molecule has 0 radical (unpaired) electrons. The predicted octanol–water partition coefficient (Wildman–Crippen LogP) is 1.39. The van der Waals surface area contributed by atoms with Gasteiger partial charge in [0.15, 0.2) is 0 Å². The fourth-order valence-electron chi connectivity index (χ4n) is 0. The first kappa shape index (κ1) is 27.6. The molecule has 0 heterocycles. The van der Waals surface area contributed by atoms with Crippen molar-refractivity contribution in [3.63, 3.8) is 0 Å². The summed E-state index contributed by atoms with van der Waals surface area (Å²) in [5, 5.41) is 17.5. The van der Waals surface area contributed by atoms with Gasteiger partial charge in [-0.3, -0.25) is 0 Å². The molecular weight excluding hydrogens is 282 g/mol. The van der Waals surface area contributed by atoms with Crippen molar-refractivity contribution in [2.45, 2.75) is 20.8 Å². The Morgan fingerprint density at radius 2 is 0.947 bits per heavy atom. The van der Waals surface area contributed by atoms with Crippen LogP contribution in [0.25, 0.3) is 0 Å². The molecule has 0 spiro atoms. The van der Waals surface area contributed by atoms with Crippen LogP contribution in [0.2, 0.25) is 0 Å². The maximum absolute atomic E-state index is 8.76. The molecule has 0 amide bonds. The molecule has 0 aromatic carbocycles. The van der Waals surface area contributed by atoms with Crippen molar-refractivity contribution < 1.29 is 43.4 Å². The molecule has 0 saturated carbocycles. The zero-order valence-electron chi connectivity index (χ0n) is 14.3. The Hall–Kier alpha value is 0.314. The van der Waals surface area contributed by atoms with Crippen molar-refractivity contribution in [2.24, 2.45) is 0 Å². The van der Waals surface area contributed by atoms with Gasteiger partial charge < -0.3 is 4.90 Å². The molecule has 0 aliphatic heterocycles. The molecule has 117 valence electrons. The number of hydrogen-bond donors (Lipinski definition) is 2. The Bertz CT molecular complexity index is 155. The minimum atomic E-state index is 0.0694. The van der Waals surface area contributed by atoms with Crippen molar-refractivity contribution in [3.05, 3.63) is 0 Å². The number of hydrogen-bond acceptors (Lipinski definition) is 4. The molecule has 0 fully saturated rings. The van der Waals surface area contributed by atoms with Crippen LogP contribution in [0, 0.1) is 0 Å². The number of nitrogens with zero attached hydrogens (tertiary/aromatic N) is 3. The summed E-state index contributed by atoms with van der Waals surface area (Å²) in [5.74, 6) is 0. The van der Waals surface area contributed by atoms with Gasteiger partial charge in [-0.05, 0) is 34.5 Å². The molecule has 19 heavy (non-hydrogen) atoms. The van der Waals surface area contributed by atoms with Crippen LogP contribution in [0.15, 0.2) is 0 Å². The van der Waals surface area contributed by atoms with E-state index in [1.807, 2.05) is 13.8 Å². The Balaban J connectivity index is -0.0000000835. The summed E-state index contributed by atoms with van der Waals surface area (Å²) in [6.45, 7) is 8.65. The zero-order chi connectivity index (χ0) is 16.7. The fraction of sp³-hybridized carbons (Fsp3) is 1.00. The van der Waals surface area contributed by atoms with Crippen LogP contribution >= 0.6 is 0 Å². The molecule has 0 saturated heterocycles. The van der Waals surface area contributed by atoms with E-state index in [0.717, 1.165) is 40.0 Å². The molecule has 2 N–H and O–H groups in total. The Labute approximate surface area is 131 Å². The van der Waals surface area contributed by atoms with Gasteiger partial charge in [0.05, 0.1) is 28.2 Å². The van der Waals surface area contributed by atoms with Crippen LogP contribution in [-0.4, -0.2) is 86.5 Å². The van der Waals surface area contributed by atoms with Gasteiger partial charge >= 0.3 is 23.7 Å². The molecule has 0 aromatic heterocycles. The van der Waals surface area contributed by atoms with Crippen LogP contribution in [0.4, 0.5) is 0 Å². The van der Waals surface area contributed by atoms with Crippen LogP contribution in [0.5, 0.6) is 0 Å². The second-order valence-electron chi connectivity index (χ2n) is 5.27. The van der Waals surface area contributed by atoms with E-state index >= 15 is 0 Å². The number of rotatable bonds is 3. The first-order valence-corrected chi connectivity index (χ1v) is 6.99. The summed E-state index contributed by atoms with van der Waals surface area (Å²) in [7, 11) is 11.1. The SMILES string of the molecule is CCN(C)C.CC[N+](C)(C)O.CC[N+](C)(C)O.[O]=[Ti+]. The van der Waals surface area contributed by atoms with Crippen molar-refractivity contribution in [1.29, 1.82) is 0 Å². The molecule has 0 unspecified atom stereocenters. The van der Waals surface area contributed by atoms with Crippen molar-refractivity contribution in [2.75, 3.05) is 61.9 Å². The Kier molecular flexibility index (Phi) is 23.8. The van der Waals surface area contributed by atoms with Crippen LogP contribution in [0.3, 0.4) is 0 Å². The third-order valence-corrected chi connectivity index (χ3v) is 2.18. The van der Waals surface area contributed by atoms with Crippen molar-refractivity contribution in [3.8, 4) is 0 Å². The molecule has 7 heteroatoms. The van der Waals surface area contributed by atoms with E-state index in [4.69, 9.17) is 13.7 Å². The first-order valence-electron chi connectivity index (χ1n) is 6.36. The van der Waals surface area contributed by atoms with Gasteiger partial charge in [0.2, 0.25) is 0 Å². The van der Waals surface area contributed by atoms with E-state index in [0.29, 0.717) is 0 Å². The quantitative estimate of drug-likeness (QED) is 0.469. The van der Waals surface area contributed by atoms with Gasteiger partial charge in [0, 0.05) is 0 Å². The normalized spacial score (nSPS) is 10.4. The van der Waals surface area contributed by atoms with Crippen molar-refractivity contribution >= 4 is 0 Å². The second kappa shape index (κ2) is 16.4. The monoisotopic (exact) mass is 317 g/mol. The molecule has 0 rings (SSSR count). The van der Waals surface area contributed by atoms with E-state index in [1.165, 1.54) is 0 Å². The third kappa shape index (κ3) is 70.5. The second-order valence-corrected chi connectivity index (χ2v) is 5.27. The van der Waals surface area contributed by atoms with E-state index in [9.17, 15) is 0 Å². The third-order valence-electron chi connectivity index (χ3n) is 2.18. The summed E-state index contributed by atoms with van der Waals surface area (Å²) in [4.78, 5) is 2.12. The van der Waals surface area contributed by atoms with Gasteiger partial charge in [-0.25, -0.2) is 10.4 Å². The van der Waals surface area contributed by atoms with Crippen molar-refractivity contribution in [1.82, 2.24) is 4.90 Å². The summed E-state index contributed by atoms with van der Waals surface area (Å²) in [6.07, 6.45) is 0. The summed E-state index contributed by atoms with van der Waals surface area (Å²) in [6, 6.07) is 0. The van der Waals surface area contributed by atoms with E-state index in [1.54, 1.807) is 28.2 Å². The predicted molar refractivity (Wildman–Crippen MR) is 73.8 cm³/mol. The van der Waals surface area contributed by atoms with Gasteiger partial charge in [0.1, 0.15) is 13.1 Å². The molecule has 0 bridgehead atoms. The van der Waals surface area contributed by atoms with Gasteiger partial charge in [-0.15, -0.1) is 0 Å². The van der Waals surface area contributed by atoms with E-state index in [-0.39, 0.29) is 9.29 Å². The molecule has 0 aromatic rings. The average Bonchev–Trinajstić information content (AvgIpc) is 2.31. The summed E-state index contributed by atoms with van der Waals surface area (Å²) >= 11 is 0.750. The van der Waals surface area contributed by atoms with Gasteiger partial charge in [-0.1, -0.05) is 6.92 Å². The summed E-state index contributed by atoms with van der Waals surface area (Å²) < 4.78 is 8.39. The first-order chi connectivity index (χ1) is 8.39. The molecule has 0 aliphatic carbocycles. The molecule has 0 aliphatic rings. The molecule has 6 nitrogen and oxygen atoms in total. The maximum atomic E-state index is 8.76. The average molecular weight is 317 g/mol. The van der Waals surface area contributed by atoms with Gasteiger partial charge in [-0.2, -0.15) is 9.29 Å². The zero-order valence-corrected chi connectivity index (χ0v) is 15.8. The van der Waals surface area contributed by atoms with Gasteiger partial charge in [0.25, 0.3) is 0 Å².